The molecule has 0 unspecified atom stereocenters. The summed E-state index contributed by atoms with van der Waals surface area (Å²) in [6.45, 7) is 9.76. The number of nitrogens with one attached hydrogen (secondary N) is 1. The average molecular weight is 408 g/mol. The number of hydrogen-bond donors (Lipinski definition) is 1. The molecule has 5 nitrogen and oxygen atoms in total. The second-order valence-electron chi connectivity index (χ2n) is 7.81. The number of rotatable bonds is 7. The SMILES string of the molecule is CCNC(=O)CSc1nc2sc3c(c2c(=O)n1CCC(C)C)CC[C@@H](C)C3. The Morgan fingerprint density at radius 2 is 2.22 bits per heavy atom. The van der Waals surface area contributed by atoms with Gasteiger partial charge in [0, 0.05) is 18.0 Å². The van der Waals surface area contributed by atoms with Gasteiger partial charge in [0.15, 0.2) is 5.16 Å². The van der Waals surface area contributed by atoms with Crippen LogP contribution in [-0.2, 0) is 24.2 Å². The summed E-state index contributed by atoms with van der Waals surface area (Å²) >= 11 is 3.04. The lowest BCUT2D eigenvalue weighted by atomic mass is 9.89. The average Bonchev–Trinajstić information content (AvgIpc) is 2.96. The summed E-state index contributed by atoms with van der Waals surface area (Å²) in [6.07, 6.45) is 4.08. The zero-order valence-electron chi connectivity index (χ0n) is 16.6. The van der Waals surface area contributed by atoms with Crippen LogP contribution >= 0.6 is 23.1 Å². The minimum absolute atomic E-state index is 0.0217. The predicted octanol–water partition coefficient (Wildman–Crippen LogP) is 3.86. The van der Waals surface area contributed by atoms with Crippen molar-refractivity contribution in [3.63, 3.8) is 0 Å². The minimum atomic E-state index is -0.0217. The highest BCUT2D eigenvalue weighted by Crippen LogP contribution is 2.36. The van der Waals surface area contributed by atoms with E-state index in [0.29, 0.717) is 30.1 Å². The first-order chi connectivity index (χ1) is 12.9. The summed E-state index contributed by atoms with van der Waals surface area (Å²) in [5.41, 5.74) is 1.30. The zero-order chi connectivity index (χ0) is 19.6. The molecule has 7 heteroatoms. The normalized spacial score (nSPS) is 16.7. The van der Waals surface area contributed by atoms with E-state index < -0.39 is 0 Å². The highest BCUT2D eigenvalue weighted by Gasteiger charge is 2.25. The van der Waals surface area contributed by atoms with Gasteiger partial charge >= 0.3 is 0 Å². The van der Waals surface area contributed by atoms with Crippen molar-refractivity contribution in [3.8, 4) is 0 Å². The van der Waals surface area contributed by atoms with Crippen LogP contribution < -0.4 is 10.9 Å². The molecular weight excluding hydrogens is 378 g/mol. The molecule has 1 aliphatic rings. The Balaban J connectivity index is 2.02. The second kappa shape index (κ2) is 8.78. The fraction of sp³-hybridized carbons (Fsp3) is 0.650. The second-order valence-corrected chi connectivity index (χ2v) is 9.83. The number of hydrogen-bond acceptors (Lipinski definition) is 5. The van der Waals surface area contributed by atoms with Crippen LogP contribution in [0.25, 0.3) is 10.2 Å². The molecule has 0 aromatic carbocycles. The van der Waals surface area contributed by atoms with Crippen molar-refractivity contribution in [2.45, 2.75) is 65.1 Å². The molecule has 148 valence electrons. The van der Waals surface area contributed by atoms with E-state index in [1.54, 1.807) is 15.9 Å². The molecule has 0 fully saturated rings. The van der Waals surface area contributed by atoms with Crippen molar-refractivity contribution in [3.05, 3.63) is 20.8 Å². The monoisotopic (exact) mass is 407 g/mol. The van der Waals surface area contributed by atoms with Gasteiger partial charge in [-0.15, -0.1) is 11.3 Å². The Morgan fingerprint density at radius 3 is 2.93 bits per heavy atom. The maximum Gasteiger partial charge on any atom is 0.263 e. The highest BCUT2D eigenvalue weighted by molar-refractivity contribution is 7.99. The molecule has 2 aromatic heterocycles. The molecule has 1 amide bonds. The molecule has 0 saturated heterocycles. The van der Waals surface area contributed by atoms with Crippen LogP contribution in [0.5, 0.6) is 0 Å². The smallest absolute Gasteiger partial charge is 0.263 e. The van der Waals surface area contributed by atoms with Gasteiger partial charge in [0.25, 0.3) is 5.56 Å². The molecule has 1 atom stereocenters. The molecular formula is C20H29N3O2S2. The number of fused-ring (bicyclic) bond motifs is 3. The summed E-state index contributed by atoms with van der Waals surface area (Å²) < 4.78 is 1.80. The predicted molar refractivity (Wildman–Crippen MR) is 114 cm³/mol. The van der Waals surface area contributed by atoms with Crippen molar-refractivity contribution in [1.29, 1.82) is 0 Å². The summed E-state index contributed by atoms with van der Waals surface area (Å²) in [4.78, 5) is 32.3. The Bertz CT molecular complexity index is 885. The van der Waals surface area contributed by atoms with Crippen molar-refractivity contribution in [1.82, 2.24) is 14.9 Å². The molecule has 0 bridgehead atoms. The van der Waals surface area contributed by atoms with E-state index in [4.69, 9.17) is 4.98 Å². The van der Waals surface area contributed by atoms with Crippen LogP contribution in [-0.4, -0.2) is 27.8 Å². The molecule has 1 aliphatic carbocycles. The van der Waals surface area contributed by atoms with Gasteiger partial charge in [0.2, 0.25) is 5.91 Å². The van der Waals surface area contributed by atoms with Crippen LogP contribution in [0.15, 0.2) is 9.95 Å². The number of nitrogens with zero attached hydrogens (tertiary/aromatic N) is 2. The van der Waals surface area contributed by atoms with Gasteiger partial charge < -0.3 is 5.32 Å². The largest absolute Gasteiger partial charge is 0.356 e. The van der Waals surface area contributed by atoms with Crippen LogP contribution in [0.3, 0.4) is 0 Å². The van der Waals surface area contributed by atoms with Gasteiger partial charge in [-0.2, -0.15) is 0 Å². The number of amides is 1. The summed E-state index contributed by atoms with van der Waals surface area (Å²) in [5.74, 6) is 1.44. The summed E-state index contributed by atoms with van der Waals surface area (Å²) in [6, 6.07) is 0. The van der Waals surface area contributed by atoms with Gasteiger partial charge in [-0.25, -0.2) is 4.98 Å². The minimum Gasteiger partial charge on any atom is -0.356 e. The van der Waals surface area contributed by atoms with Crippen LogP contribution in [0.2, 0.25) is 0 Å². The number of carbonyl (C=O) groups excluding carboxylic acids is 1. The van der Waals surface area contributed by atoms with Gasteiger partial charge in [-0.05, 0) is 50.0 Å². The fourth-order valence-corrected chi connectivity index (χ4v) is 5.76. The molecule has 1 N–H and O–H groups in total. The van der Waals surface area contributed by atoms with E-state index in [0.717, 1.165) is 35.9 Å². The Hall–Kier alpha value is -1.34. The molecule has 0 spiro atoms. The molecule has 2 heterocycles. The molecule has 0 aliphatic heterocycles. The van der Waals surface area contributed by atoms with Crippen molar-refractivity contribution in [2.75, 3.05) is 12.3 Å². The van der Waals surface area contributed by atoms with Gasteiger partial charge in [-0.1, -0.05) is 32.5 Å². The van der Waals surface area contributed by atoms with Crippen LogP contribution in [0.4, 0.5) is 0 Å². The van der Waals surface area contributed by atoms with Crippen LogP contribution in [0.1, 0.15) is 51.0 Å². The van der Waals surface area contributed by atoms with Crippen molar-refractivity contribution in [2.24, 2.45) is 11.8 Å². The molecule has 0 radical (unpaired) electrons. The molecule has 3 rings (SSSR count). The molecule has 0 saturated carbocycles. The lowest BCUT2D eigenvalue weighted by Gasteiger charge is -2.18. The van der Waals surface area contributed by atoms with E-state index in [9.17, 15) is 9.59 Å². The third-order valence-electron chi connectivity index (χ3n) is 5.02. The first kappa shape index (κ1) is 20.4. The Kier molecular flexibility index (Phi) is 6.63. The number of thiophene rings is 1. The lowest BCUT2D eigenvalue weighted by molar-refractivity contribution is -0.118. The van der Waals surface area contributed by atoms with E-state index in [-0.39, 0.29) is 17.2 Å². The van der Waals surface area contributed by atoms with E-state index in [1.165, 1.54) is 22.2 Å². The van der Waals surface area contributed by atoms with E-state index >= 15 is 0 Å². The maximum atomic E-state index is 13.4. The van der Waals surface area contributed by atoms with Crippen molar-refractivity contribution < 1.29 is 4.79 Å². The summed E-state index contributed by atoms with van der Waals surface area (Å²) in [5, 5.41) is 4.31. The first-order valence-corrected chi connectivity index (χ1v) is 11.7. The fourth-order valence-electron chi connectivity index (χ4n) is 3.48. The van der Waals surface area contributed by atoms with E-state index in [2.05, 4.69) is 26.1 Å². The van der Waals surface area contributed by atoms with E-state index in [1.807, 2.05) is 6.92 Å². The van der Waals surface area contributed by atoms with Crippen LogP contribution in [0, 0.1) is 11.8 Å². The lowest BCUT2D eigenvalue weighted by Crippen LogP contribution is -2.27. The maximum absolute atomic E-state index is 13.4. The summed E-state index contributed by atoms with van der Waals surface area (Å²) in [7, 11) is 0. The quantitative estimate of drug-likeness (QED) is 0.559. The van der Waals surface area contributed by atoms with Gasteiger partial charge in [0.05, 0.1) is 11.1 Å². The topological polar surface area (TPSA) is 64.0 Å². The van der Waals surface area contributed by atoms with Gasteiger partial charge in [-0.3, -0.25) is 14.2 Å². The highest BCUT2D eigenvalue weighted by atomic mass is 32.2. The Labute approximate surface area is 169 Å². The standard InChI is InChI=1S/C20H29N3O2S2/c1-5-21-16(24)11-26-20-22-18-17(19(25)23(20)9-8-12(2)3)14-7-6-13(4)10-15(14)27-18/h12-13H,5-11H2,1-4H3,(H,21,24)/t13-/m1/s1. The molecule has 2 aromatic rings. The number of thioether (sulfide) groups is 1. The van der Waals surface area contributed by atoms with Crippen molar-refractivity contribution >= 4 is 39.2 Å². The third kappa shape index (κ3) is 4.57. The first-order valence-electron chi connectivity index (χ1n) is 9.85. The Morgan fingerprint density at radius 1 is 1.44 bits per heavy atom. The molecule has 27 heavy (non-hydrogen) atoms. The zero-order valence-corrected chi connectivity index (χ0v) is 18.3. The number of carbonyl (C=O) groups is 1. The van der Waals surface area contributed by atoms with Gasteiger partial charge in [0.1, 0.15) is 4.83 Å². The third-order valence-corrected chi connectivity index (χ3v) is 7.14. The number of aryl methyl sites for hydroxylation is 1. The number of aromatic nitrogens is 2.